The summed E-state index contributed by atoms with van der Waals surface area (Å²) in [5.74, 6) is 0.792. The lowest BCUT2D eigenvalue weighted by molar-refractivity contribution is 0.480. The van der Waals surface area contributed by atoms with Gasteiger partial charge < -0.3 is 0 Å². The fourth-order valence-corrected chi connectivity index (χ4v) is 1.74. The van der Waals surface area contributed by atoms with Gasteiger partial charge in [-0.15, -0.1) is 0 Å². The Hall–Kier alpha value is -0.790. The van der Waals surface area contributed by atoms with Crippen LogP contribution in [0.4, 0.5) is 0 Å². The minimum Gasteiger partial charge on any atom is -0.269 e. The van der Waals surface area contributed by atoms with E-state index in [0.717, 1.165) is 18.9 Å². The Kier molecular flexibility index (Phi) is 4.18. The van der Waals surface area contributed by atoms with E-state index in [9.17, 15) is 0 Å². The van der Waals surface area contributed by atoms with Crippen LogP contribution in [0.5, 0.6) is 0 Å². The van der Waals surface area contributed by atoms with E-state index in [1.54, 1.807) is 0 Å². The first-order valence-corrected chi connectivity index (χ1v) is 5.59. The molecule has 0 saturated heterocycles. The van der Waals surface area contributed by atoms with E-state index >= 15 is 0 Å². The zero-order valence-electron chi connectivity index (χ0n) is 9.80. The molecular weight excluding hydrogens is 172 g/mol. The van der Waals surface area contributed by atoms with Gasteiger partial charge in [-0.25, -0.2) is 0 Å². The number of nitrogens with zero attached hydrogens (tertiary/aromatic N) is 2. The van der Waals surface area contributed by atoms with Crippen molar-refractivity contribution in [1.82, 2.24) is 9.78 Å². The van der Waals surface area contributed by atoms with E-state index in [4.69, 9.17) is 0 Å². The molecule has 0 saturated carbocycles. The predicted octanol–water partition coefficient (Wildman–Crippen LogP) is 2.99. The average Bonchev–Trinajstić information content (AvgIpc) is 2.46. The summed E-state index contributed by atoms with van der Waals surface area (Å²) in [5, 5.41) is 4.28. The summed E-state index contributed by atoms with van der Waals surface area (Å²) in [4.78, 5) is 0. The molecule has 0 aliphatic rings. The van der Waals surface area contributed by atoms with Gasteiger partial charge in [-0.05, 0) is 37.7 Å². The second kappa shape index (κ2) is 5.18. The van der Waals surface area contributed by atoms with E-state index in [-0.39, 0.29) is 0 Å². The molecule has 79 valence electrons. The van der Waals surface area contributed by atoms with Crippen molar-refractivity contribution < 1.29 is 0 Å². The summed E-state index contributed by atoms with van der Waals surface area (Å²) < 4.78 is 2.11. The van der Waals surface area contributed by atoms with Crippen LogP contribution in [-0.4, -0.2) is 9.78 Å². The van der Waals surface area contributed by atoms with Crippen molar-refractivity contribution in [2.24, 2.45) is 5.92 Å². The van der Waals surface area contributed by atoms with Crippen molar-refractivity contribution in [3.05, 3.63) is 17.5 Å². The smallest absolute Gasteiger partial charge is 0.116 e. The lowest BCUT2D eigenvalue weighted by Crippen LogP contribution is -2.05. The van der Waals surface area contributed by atoms with Crippen molar-refractivity contribution in [1.29, 1.82) is 0 Å². The van der Waals surface area contributed by atoms with Crippen LogP contribution in [0.2, 0.25) is 0 Å². The van der Waals surface area contributed by atoms with E-state index in [1.165, 1.54) is 24.1 Å². The summed E-state index contributed by atoms with van der Waals surface area (Å²) >= 11 is 0. The molecule has 0 amide bonds. The van der Waals surface area contributed by atoms with Gasteiger partial charge in [0.1, 0.15) is 6.20 Å². The summed E-state index contributed by atoms with van der Waals surface area (Å²) in [7, 11) is 0. The van der Waals surface area contributed by atoms with Crippen molar-refractivity contribution in [2.45, 2.75) is 53.5 Å². The molecule has 0 spiro atoms. The van der Waals surface area contributed by atoms with Gasteiger partial charge in [0, 0.05) is 12.2 Å². The van der Waals surface area contributed by atoms with Gasteiger partial charge in [-0.3, -0.25) is 4.68 Å². The van der Waals surface area contributed by atoms with Gasteiger partial charge in [-0.1, -0.05) is 20.8 Å². The van der Waals surface area contributed by atoms with Gasteiger partial charge in [-0.2, -0.15) is 5.10 Å². The Morgan fingerprint density at radius 1 is 1.43 bits per heavy atom. The van der Waals surface area contributed by atoms with Crippen LogP contribution < -0.4 is 0 Å². The Bertz CT molecular complexity index is 274. The summed E-state index contributed by atoms with van der Waals surface area (Å²) in [6.07, 6.45) is 6.60. The third-order valence-electron chi connectivity index (χ3n) is 2.57. The predicted molar refractivity (Wildman–Crippen MR) is 59.3 cm³/mol. The normalized spacial score (nSPS) is 11.2. The third-order valence-corrected chi connectivity index (χ3v) is 2.57. The van der Waals surface area contributed by atoms with E-state index in [2.05, 4.69) is 43.7 Å². The summed E-state index contributed by atoms with van der Waals surface area (Å²) in [6.45, 7) is 9.84. The molecule has 0 bridgehead atoms. The van der Waals surface area contributed by atoms with Crippen molar-refractivity contribution in [3.63, 3.8) is 0 Å². The highest BCUT2D eigenvalue weighted by Crippen LogP contribution is 2.10. The standard InChI is InChI=1S/C12H21N2/c1-5-12-11(4)9-13-14(12)8-6-7-10(2)3/h10H,5-8H2,1-4H3. The van der Waals surface area contributed by atoms with Crippen LogP contribution in [0.25, 0.3) is 0 Å². The molecule has 0 N–H and O–H groups in total. The zero-order chi connectivity index (χ0) is 10.6. The molecule has 0 fully saturated rings. The minimum atomic E-state index is 0.792. The largest absolute Gasteiger partial charge is 0.269 e. The molecule has 0 aromatic carbocycles. The zero-order valence-corrected chi connectivity index (χ0v) is 9.80. The molecule has 1 aromatic rings. The topological polar surface area (TPSA) is 17.8 Å². The maximum atomic E-state index is 4.28. The second-order valence-corrected chi connectivity index (χ2v) is 4.30. The SMILES string of the molecule is CCc1c(C)[c]nn1CCCC(C)C. The first-order chi connectivity index (χ1) is 6.65. The molecule has 2 heteroatoms. The highest BCUT2D eigenvalue weighted by Gasteiger charge is 2.05. The lowest BCUT2D eigenvalue weighted by Gasteiger charge is -2.07. The van der Waals surface area contributed by atoms with E-state index in [1.807, 2.05) is 0 Å². The van der Waals surface area contributed by atoms with Gasteiger partial charge in [0.25, 0.3) is 0 Å². The van der Waals surface area contributed by atoms with Crippen LogP contribution in [-0.2, 0) is 13.0 Å². The van der Waals surface area contributed by atoms with Crippen molar-refractivity contribution >= 4 is 0 Å². The molecule has 14 heavy (non-hydrogen) atoms. The Morgan fingerprint density at radius 2 is 2.14 bits per heavy atom. The maximum absolute atomic E-state index is 4.28. The average molecular weight is 193 g/mol. The first-order valence-electron chi connectivity index (χ1n) is 5.59. The lowest BCUT2D eigenvalue weighted by atomic mass is 10.1. The highest BCUT2D eigenvalue weighted by atomic mass is 15.3. The van der Waals surface area contributed by atoms with Gasteiger partial charge in [0.15, 0.2) is 0 Å². The second-order valence-electron chi connectivity index (χ2n) is 4.30. The van der Waals surface area contributed by atoms with Crippen molar-refractivity contribution in [2.75, 3.05) is 0 Å². The van der Waals surface area contributed by atoms with Crippen molar-refractivity contribution in [3.8, 4) is 0 Å². The first kappa shape index (κ1) is 11.3. The summed E-state index contributed by atoms with van der Waals surface area (Å²) in [5.41, 5.74) is 2.55. The minimum absolute atomic E-state index is 0.792. The Balaban J connectivity index is 2.50. The summed E-state index contributed by atoms with van der Waals surface area (Å²) in [6, 6.07) is 0. The number of hydrogen-bond donors (Lipinski definition) is 0. The number of aromatic nitrogens is 2. The molecule has 0 aliphatic heterocycles. The fourth-order valence-electron chi connectivity index (χ4n) is 1.74. The highest BCUT2D eigenvalue weighted by molar-refractivity contribution is 5.13. The maximum Gasteiger partial charge on any atom is 0.116 e. The molecular formula is C12H21N2. The molecule has 1 heterocycles. The van der Waals surface area contributed by atoms with Crippen LogP contribution in [0.3, 0.4) is 0 Å². The van der Waals surface area contributed by atoms with Crippen LogP contribution in [0.1, 0.15) is 44.9 Å². The quantitative estimate of drug-likeness (QED) is 0.703. The van der Waals surface area contributed by atoms with Crippen LogP contribution in [0, 0.1) is 19.0 Å². The Labute approximate surface area is 87.3 Å². The monoisotopic (exact) mass is 193 g/mol. The molecule has 1 rings (SSSR count). The number of hydrogen-bond acceptors (Lipinski definition) is 1. The molecule has 1 aromatic heterocycles. The van der Waals surface area contributed by atoms with E-state index in [0.29, 0.717) is 0 Å². The molecule has 0 unspecified atom stereocenters. The third kappa shape index (κ3) is 2.86. The van der Waals surface area contributed by atoms with Crippen LogP contribution in [0.15, 0.2) is 0 Å². The fraction of sp³-hybridized carbons (Fsp3) is 0.750. The molecule has 0 aliphatic carbocycles. The molecule has 0 atom stereocenters. The van der Waals surface area contributed by atoms with Gasteiger partial charge >= 0.3 is 0 Å². The number of aryl methyl sites for hydroxylation is 2. The molecule has 1 radical (unpaired) electrons. The van der Waals surface area contributed by atoms with E-state index < -0.39 is 0 Å². The molecule has 2 nitrogen and oxygen atoms in total. The number of rotatable bonds is 5. The van der Waals surface area contributed by atoms with Gasteiger partial charge in [0.05, 0.1) is 0 Å². The van der Waals surface area contributed by atoms with Crippen LogP contribution >= 0.6 is 0 Å². The Morgan fingerprint density at radius 3 is 2.71 bits per heavy atom. The van der Waals surface area contributed by atoms with Gasteiger partial charge in [0.2, 0.25) is 0 Å².